The van der Waals surface area contributed by atoms with Crippen molar-refractivity contribution in [3.63, 3.8) is 0 Å². The molecule has 10 nitrogen and oxygen atoms in total. The van der Waals surface area contributed by atoms with E-state index in [1.54, 1.807) is 41.3 Å². The first-order chi connectivity index (χ1) is 17.3. The molecule has 1 amide bonds. The van der Waals surface area contributed by atoms with Gasteiger partial charge in [0.2, 0.25) is 17.6 Å². The van der Waals surface area contributed by atoms with Crippen molar-refractivity contribution in [1.82, 2.24) is 24.5 Å². The van der Waals surface area contributed by atoms with Gasteiger partial charge in [-0.2, -0.15) is 14.8 Å². The molecule has 4 aromatic rings. The standard InChI is InChI=1S/C24H22ClFN6O4/c1-3-14-31(17-10-6-16(26)7-11-17)20(33)13-12-19-27-22(29-36-19)21-23(34)30(2)24(35)32(28-21)18-8-4-15(25)5-9-18/h4-11H,3,12-14H2,1-2H3. The molecule has 0 N–H and O–H groups in total. The summed E-state index contributed by atoms with van der Waals surface area (Å²) in [5.41, 5.74) is -0.553. The molecular weight excluding hydrogens is 491 g/mol. The highest BCUT2D eigenvalue weighted by Crippen LogP contribution is 2.18. The van der Waals surface area contributed by atoms with Crippen molar-refractivity contribution in [2.75, 3.05) is 11.4 Å². The molecule has 36 heavy (non-hydrogen) atoms. The fourth-order valence-corrected chi connectivity index (χ4v) is 3.63. The van der Waals surface area contributed by atoms with Gasteiger partial charge >= 0.3 is 5.69 Å². The van der Waals surface area contributed by atoms with Crippen molar-refractivity contribution in [2.24, 2.45) is 7.05 Å². The maximum Gasteiger partial charge on any atom is 0.351 e. The Kier molecular flexibility index (Phi) is 7.39. The number of anilines is 1. The first-order valence-corrected chi connectivity index (χ1v) is 11.5. The number of rotatable bonds is 8. The lowest BCUT2D eigenvalue weighted by molar-refractivity contribution is -0.118. The molecule has 186 valence electrons. The fraction of sp³-hybridized carbons (Fsp3) is 0.250. The normalized spacial score (nSPS) is 11.0. The second-order valence-corrected chi connectivity index (χ2v) is 8.35. The monoisotopic (exact) mass is 512 g/mol. The highest BCUT2D eigenvalue weighted by atomic mass is 35.5. The largest absolute Gasteiger partial charge is 0.351 e. The van der Waals surface area contributed by atoms with Gasteiger partial charge in [-0.3, -0.25) is 14.2 Å². The second kappa shape index (κ2) is 10.6. The Morgan fingerprint density at radius 2 is 1.81 bits per heavy atom. The summed E-state index contributed by atoms with van der Waals surface area (Å²) in [6.07, 6.45) is 0.880. The van der Waals surface area contributed by atoms with Crippen molar-refractivity contribution in [3.8, 4) is 17.2 Å². The number of halogens is 2. The van der Waals surface area contributed by atoms with Gasteiger partial charge in [0.25, 0.3) is 5.56 Å². The molecule has 0 fully saturated rings. The third kappa shape index (κ3) is 5.25. The third-order valence-corrected chi connectivity index (χ3v) is 5.62. The number of benzene rings is 2. The molecule has 2 heterocycles. The molecule has 0 aliphatic carbocycles. The zero-order chi connectivity index (χ0) is 25.8. The summed E-state index contributed by atoms with van der Waals surface area (Å²) in [7, 11) is 1.32. The Bertz CT molecular complexity index is 1500. The van der Waals surface area contributed by atoms with Crippen LogP contribution >= 0.6 is 11.6 Å². The van der Waals surface area contributed by atoms with Crippen LogP contribution in [-0.4, -0.2) is 36.9 Å². The average molecular weight is 513 g/mol. The van der Waals surface area contributed by atoms with E-state index >= 15 is 0 Å². The molecule has 4 rings (SSSR count). The molecule has 0 saturated carbocycles. The van der Waals surface area contributed by atoms with Gasteiger partial charge in [-0.25, -0.2) is 9.18 Å². The topological polar surface area (TPSA) is 116 Å². The van der Waals surface area contributed by atoms with E-state index in [2.05, 4.69) is 15.2 Å². The smallest absolute Gasteiger partial charge is 0.339 e. The van der Waals surface area contributed by atoms with Crippen LogP contribution in [0.15, 0.2) is 62.6 Å². The van der Waals surface area contributed by atoms with E-state index < -0.39 is 11.2 Å². The Morgan fingerprint density at radius 3 is 2.47 bits per heavy atom. The van der Waals surface area contributed by atoms with Gasteiger partial charge in [0, 0.05) is 37.1 Å². The van der Waals surface area contributed by atoms with E-state index in [-0.39, 0.29) is 42.0 Å². The van der Waals surface area contributed by atoms with Crippen molar-refractivity contribution in [1.29, 1.82) is 0 Å². The summed E-state index contributed by atoms with van der Waals surface area (Å²) in [5.74, 6) is -0.566. The van der Waals surface area contributed by atoms with Gasteiger partial charge in [-0.1, -0.05) is 23.7 Å². The van der Waals surface area contributed by atoms with E-state index in [0.29, 0.717) is 29.4 Å². The molecule has 0 radical (unpaired) electrons. The number of aryl methyl sites for hydroxylation is 1. The summed E-state index contributed by atoms with van der Waals surface area (Å²) in [6, 6.07) is 12.0. The van der Waals surface area contributed by atoms with Gasteiger partial charge < -0.3 is 9.42 Å². The van der Waals surface area contributed by atoms with Gasteiger partial charge in [0.1, 0.15) is 5.82 Å². The second-order valence-electron chi connectivity index (χ2n) is 7.92. The molecule has 0 atom stereocenters. The van der Waals surface area contributed by atoms with Gasteiger partial charge in [-0.05, 0) is 55.0 Å². The summed E-state index contributed by atoms with van der Waals surface area (Å²) in [4.78, 5) is 43.9. The number of hydrogen-bond donors (Lipinski definition) is 0. The fourth-order valence-electron chi connectivity index (χ4n) is 3.51. The minimum Gasteiger partial charge on any atom is -0.339 e. The van der Waals surface area contributed by atoms with Crippen LogP contribution < -0.4 is 16.1 Å². The number of amides is 1. The van der Waals surface area contributed by atoms with E-state index in [1.807, 2.05) is 6.92 Å². The first-order valence-electron chi connectivity index (χ1n) is 11.1. The van der Waals surface area contributed by atoms with Crippen molar-refractivity contribution in [3.05, 3.63) is 86.1 Å². The maximum atomic E-state index is 13.3. The molecule has 2 aromatic heterocycles. The summed E-state index contributed by atoms with van der Waals surface area (Å²) < 4.78 is 20.5. The number of carbonyl (C=O) groups excluding carboxylic acids is 1. The molecular formula is C24H22ClFN6O4. The zero-order valence-electron chi connectivity index (χ0n) is 19.5. The molecule has 0 aliphatic rings. The zero-order valence-corrected chi connectivity index (χ0v) is 20.3. The van der Waals surface area contributed by atoms with Crippen molar-refractivity contribution in [2.45, 2.75) is 26.2 Å². The number of aromatic nitrogens is 5. The Morgan fingerprint density at radius 1 is 1.11 bits per heavy atom. The highest BCUT2D eigenvalue weighted by molar-refractivity contribution is 6.30. The quantitative estimate of drug-likeness (QED) is 0.356. The molecule has 0 saturated heterocycles. The Labute approximate surface area is 209 Å². The summed E-state index contributed by atoms with van der Waals surface area (Å²) in [6.45, 7) is 2.40. The minimum absolute atomic E-state index is 0.0503. The lowest BCUT2D eigenvalue weighted by Crippen LogP contribution is -2.40. The number of nitrogens with zero attached hydrogens (tertiary/aromatic N) is 6. The van der Waals surface area contributed by atoms with E-state index in [0.717, 1.165) is 9.25 Å². The third-order valence-electron chi connectivity index (χ3n) is 5.37. The maximum absolute atomic E-state index is 13.3. The molecule has 0 spiro atoms. The number of hydrogen-bond acceptors (Lipinski definition) is 7. The predicted molar refractivity (Wildman–Crippen MR) is 131 cm³/mol. The molecule has 2 aromatic carbocycles. The van der Waals surface area contributed by atoms with E-state index in [1.165, 1.54) is 19.2 Å². The summed E-state index contributed by atoms with van der Waals surface area (Å²) in [5, 5.41) is 8.45. The lowest BCUT2D eigenvalue weighted by Gasteiger charge is -2.22. The summed E-state index contributed by atoms with van der Waals surface area (Å²) >= 11 is 5.92. The van der Waals surface area contributed by atoms with Crippen molar-refractivity contribution >= 4 is 23.2 Å². The van der Waals surface area contributed by atoms with Crippen LogP contribution in [0.2, 0.25) is 5.02 Å². The highest BCUT2D eigenvalue weighted by Gasteiger charge is 2.21. The van der Waals surface area contributed by atoms with E-state index in [9.17, 15) is 18.8 Å². The Balaban J connectivity index is 1.56. The van der Waals surface area contributed by atoms with Crippen LogP contribution in [-0.2, 0) is 18.3 Å². The number of carbonyl (C=O) groups is 1. The van der Waals surface area contributed by atoms with Crippen LogP contribution in [0.5, 0.6) is 0 Å². The van der Waals surface area contributed by atoms with Crippen LogP contribution in [0.1, 0.15) is 25.7 Å². The lowest BCUT2D eigenvalue weighted by atomic mass is 10.2. The predicted octanol–water partition coefficient (Wildman–Crippen LogP) is 3.15. The molecule has 12 heteroatoms. The first kappa shape index (κ1) is 25.0. The van der Waals surface area contributed by atoms with Gasteiger partial charge in [-0.15, -0.1) is 0 Å². The molecule has 0 unspecified atom stereocenters. The van der Waals surface area contributed by atoms with Crippen LogP contribution in [0.25, 0.3) is 17.2 Å². The van der Waals surface area contributed by atoms with Crippen LogP contribution in [0, 0.1) is 5.82 Å². The van der Waals surface area contributed by atoms with E-state index in [4.69, 9.17) is 16.1 Å². The SMILES string of the molecule is CCCN(C(=O)CCc1nc(-c2nn(-c3ccc(Cl)cc3)c(=O)n(C)c2=O)no1)c1ccc(F)cc1. The van der Waals surface area contributed by atoms with Crippen LogP contribution in [0.4, 0.5) is 10.1 Å². The Hall–Kier alpha value is -4.12. The minimum atomic E-state index is -0.695. The van der Waals surface area contributed by atoms with Gasteiger partial charge in [0.15, 0.2) is 5.69 Å². The molecule has 0 bridgehead atoms. The van der Waals surface area contributed by atoms with Crippen LogP contribution in [0.3, 0.4) is 0 Å². The average Bonchev–Trinajstić information content (AvgIpc) is 3.35. The molecule has 0 aliphatic heterocycles. The van der Waals surface area contributed by atoms with Gasteiger partial charge in [0.05, 0.1) is 5.69 Å². The van der Waals surface area contributed by atoms with Crippen molar-refractivity contribution < 1.29 is 13.7 Å².